The molecule has 3 aromatic rings. The highest BCUT2D eigenvalue weighted by Crippen LogP contribution is 2.32. The first kappa shape index (κ1) is 23.0. The molecule has 0 spiro atoms. The smallest absolute Gasteiger partial charge is 0.378 e. The van der Waals surface area contributed by atoms with Crippen molar-refractivity contribution in [2.24, 2.45) is 0 Å². The van der Waals surface area contributed by atoms with E-state index in [0.717, 1.165) is 11.9 Å². The van der Waals surface area contributed by atoms with Gasteiger partial charge in [0.15, 0.2) is 0 Å². The van der Waals surface area contributed by atoms with Crippen LogP contribution < -0.4 is 15.8 Å². The van der Waals surface area contributed by atoms with Crippen molar-refractivity contribution in [3.63, 3.8) is 0 Å². The maximum absolute atomic E-state index is 13.2. The summed E-state index contributed by atoms with van der Waals surface area (Å²) in [5.74, 6) is 0.603. The molecule has 3 aromatic heterocycles. The molecule has 2 N–H and O–H groups in total. The lowest BCUT2D eigenvalue weighted by Gasteiger charge is -2.27. The van der Waals surface area contributed by atoms with Crippen LogP contribution in [0.3, 0.4) is 0 Å². The number of fused-ring (bicyclic) bond motifs is 1. The number of aromatic nitrogens is 6. The lowest BCUT2D eigenvalue weighted by Crippen LogP contribution is -2.35. The highest BCUT2D eigenvalue weighted by Gasteiger charge is 2.37. The molecule has 0 fully saturated rings. The van der Waals surface area contributed by atoms with Gasteiger partial charge < -0.3 is 15.0 Å². The zero-order valence-corrected chi connectivity index (χ0v) is 18.2. The molecule has 14 heteroatoms. The molecule has 1 unspecified atom stereocenters. The number of rotatable bonds is 7. The largest absolute Gasteiger partial charge is 0.423 e. The maximum Gasteiger partial charge on any atom is 0.423 e. The highest BCUT2D eigenvalue weighted by molar-refractivity contribution is 6.31. The normalized spacial score (nSPS) is 14.8. The van der Waals surface area contributed by atoms with Gasteiger partial charge in [-0.25, -0.2) is 15.1 Å². The second-order valence-corrected chi connectivity index (χ2v) is 7.82. The average Bonchev–Trinajstić information content (AvgIpc) is 3.08. The first-order chi connectivity index (χ1) is 15.7. The molecule has 4 rings (SSSR count). The topological polar surface area (TPSA) is 114 Å². The van der Waals surface area contributed by atoms with E-state index in [4.69, 9.17) is 16.3 Å². The van der Waals surface area contributed by atoms with Gasteiger partial charge in [-0.1, -0.05) is 11.6 Å². The molecule has 0 saturated heterocycles. The molecular weight excluding hydrogens is 465 g/mol. The van der Waals surface area contributed by atoms with E-state index in [1.165, 1.54) is 0 Å². The number of nitrogens with zero attached hydrogens (tertiary/aromatic N) is 6. The fourth-order valence-corrected chi connectivity index (χ4v) is 3.74. The lowest BCUT2D eigenvalue weighted by atomic mass is 10.2. The van der Waals surface area contributed by atoms with Crippen LogP contribution in [0, 0.1) is 0 Å². The van der Waals surface area contributed by atoms with E-state index in [-0.39, 0.29) is 13.2 Å². The van der Waals surface area contributed by atoms with Crippen molar-refractivity contribution >= 4 is 23.2 Å². The Bertz CT molecular complexity index is 1170. The number of anilines is 2. The molecule has 1 aliphatic rings. The van der Waals surface area contributed by atoms with Gasteiger partial charge in [0.2, 0.25) is 5.95 Å². The molecule has 33 heavy (non-hydrogen) atoms. The van der Waals surface area contributed by atoms with Crippen LogP contribution in [0.25, 0.3) is 0 Å². The second-order valence-electron chi connectivity index (χ2n) is 7.45. The standard InChI is InChI=1S/C19H20ClF3N8O2/c1-11(27-12-7-26-28-17(32)15(12)19(21,22)23)9-33-10-13-16(20)14-8-30(5-6-31(14)29-13)18-24-3-2-4-25-18/h2-4,7,11H,5-6,8-10H2,1H3,(H2,27,28,32). The van der Waals surface area contributed by atoms with Crippen LogP contribution in [0.5, 0.6) is 0 Å². The van der Waals surface area contributed by atoms with Crippen LogP contribution in [0.4, 0.5) is 24.8 Å². The third-order valence-corrected chi connectivity index (χ3v) is 5.40. The van der Waals surface area contributed by atoms with Crippen molar-refractivity contribution in [3.05, 3.63) is 57.0 Å². The molecule has 4 heterocycles. The van der Waals surface area contributed by atoms with E-state index in [1.54, 1.807) is 35.2 Å². The minimum atomic E-state index is -4.82. The monoisotopic (exact) mass is 484 g/mol. The van der Waals surface area contributed by atoms with Gasteiger partial charge in [0, 0.05) is 25.0 Å². The van der Waals surface area contributed by atoms with Gasteiger partial charge in [-0.05, 0) is 13.0 Å². The molecule has 0 aromatic carbocycles. The average molecular weight is 485 g/mol. The number of halogens is 4. The van der Waals surface area contributed by atoms with Crippen LogP contribution in [-0.4, -0.2) is 49.1 Å². The second kappa shape index (κ2) is 9.35. The number of H-pyrrole nitrogens is 1. The SMILES string of the molecule is CC(COCc1nn2c(c1Cl)CN(c1ncccn1)CC2)Nc1cn[nH]c(=O)c1C(F)(F)F. The van der Waals surface area contributed by atoms with Crippen LogP contribution >= 0.6 is 11.6 Å². The molecule has 0 radical (unpaired) electrons. The third kappa shape index (κ3) is 5.09. The van der Waals surface area contributed by atoms with Gasteiger partial charge >= 0.3 is 6.18 Å². The zero-order chi connectivity index (χ0) is 23.6. The van der Waals surface area contributed by atoms with E-state index in [2.05, 4.69) is 25.5 Å². The molecule has 0 amide bonds. The van der Waals surface area contributed by atoms with E-state index in [9.17, 15) is 18.0 Å². The Morgan fingerprint density at radius 1 is 1.30 bits per heavy atom. The lowest BCUT2D eigenvalue weighted by molar-refractivity contribution is -0.138. The van der Waals surface area contributed by atoms with Crippen molar-refractivity contribution in [1.29, 1.82) is 0 Å². The van der Waals surface area contributed by atoms with Gasteiger partial charge in [-0.15, -0.1) is 0 Å². The molecule has 1 aliphatic heterocycles. The van der Waals surface area contributed by atoms with Crippen molar-refractivity contribution in [2.45, 2.75) is 38.8 Å². The van der Waals surface area contributed by atoms with Crippen molar-refractivity contribution < 1.29 is 17.9 Å². The Balaban J connectivity index is 1.36. The number of hydrogen-bond donors (Lipinski definition) is 2. The van der Waals surface area contributed by atoms with E-state index < -0.39 is 29.0 Å². The number of hydrogen-bond acceptors (Lipinski definition) is 8. The van der Waals surface area contributed by atoms with Gasteiger partial charge in [-0.2, -0.15) is 23.4 Å². The van der Waals surface area contributed by atoms with E-state index >= 15 is 0 Å². The molecule has 1 atom stereocenters. The molecular formula is C19H20ClF3N8O2. The number of ether oxygens (including phenoxy) is 1. The Labute approximate surface area is 190 Å². The van der Waals surface area contributed by atoms with E-state index in [1.807, 2.05) is 4.90 Å². The minimum Gasteiger partial charge on any atom is -0.378 e. The minimum absolute atomic E-state index is 0.0482. The molecule has 176 valence electrons. The van der Waals surface area contributed by atoms with Gasteiger partial charge in [0.05, 0.1) is 48.9 Å². The van der Waals surface area contributed by atoms with Gasteiger partial charge in [-0.3, -0.25) is 9.48 Å². The van der Waals surface area contributed by atoms with Crippen LogP contribution in [-0.2, 0) is 30.6 Å². The van der Waals surface area contributed by atoms with E-state index in [0.29, 0.717) is 36.3 Å². The highest BCUT2D eigenvalue weighted by atomic mass is 35.5. The molecule has 0 bridgehead atoms. The van der Waals surface area contributed by atoms with Gasteiger partial charge in [0.25, 0.3) is 5.56 Å². The quantitative estimate of drug-likeness (QED) is 0.526. The summed E-state index contributed by atoms with van der Waals surface area (Å²) in [6.07, 6.45) is -0.558. The van der Waals surface area contributed by atoms with Crippen LogP contribution in [0.2, 0.25) is 5.02 Å². The Hall–Kier alpha value is -3.19. The summed E-state index contributed by atoms with van der Waals surface area (Å²) in [4.78, 5) is 22.1. The fourth-order valence-electron chi connectivity index (χ4n) is 3.49. The zero-order valence-electron chi connectivity index (χ0n) is 17.4. The van der Waals surface area contributed by atoms with Crippen molar-refractivity contribution in [2.75, 3.05) is 23.4 Å². The predicted octanol–water partition coefficient (Wildman–Crippen LogP) is 2.47. The summed E-state index contributed by atoms with van der Waals surface area (Å²) in [5, 5.41) is 12.8. The summed E-state index contributed by atoms with van der Waals surface area (Å²) in [6, 6.07) is 1.20. The summed E-state index contributed by atoms with van der Waals surface area (Å²) in [7, 11) is 0. The Morgan fingerprint density at radius 2 is 2.06 bits per heavy atom. The van der Waals surface area contributed by atoms with Crippen LogP contribution in [0.15, 0.2) is 29.5 Å². The summed E-state index contributed by atoms with van der Waals surface area (Å²) in [6.45, 7) is 3.50. The predicted molar refractivity (Wildman–Crippen MR) is 113 cm³/mol. The van der Waals surface area contributed by atoms with Crippen molar-refractivity contribution in [3.8, 4) is 0 Å². The summed E-state index contributed by atoms with van der Waals surface area (Å²) >= 11 is 6.51. The van der Waals surface area contributed by atoms with Gasteiger partial charge in [0.1, 0.15) is 11.3 Å². The Kier molecular flexibility index (Phi) is 6.51. The van der Waals surface area contributed by atoms with Crippen LogP contribution in [0.1, 0.15) is 23.9 Å². The first-order valence-electron chi connectivity index (χ1n) is 9.99. The molecule has 0 saturated carbocycles. The molecule has 0 aliphatic carbocycles. The fraction of sp³-hybridized carbons (Fsp3) is 0.421. The first-order valence-corrected chi connectivity index (χ1v) is 10.4. The maximum atomic E-state index is 13.2. The van der Waals surface area contributed by atoms with Crippen molar-refractivity contribution in [1.82, 2.24) is 29.9 Å². The molecule has 10 nitrogen and oxygen atoms in total. The summed E-state index contributed by atoms with van der Waals surface area (Å²) < 4.78 is 46.9. The number of nitrogens with one attached hydrogen (secondary N) is 2. The third-order valence-electron chi connectivity index (χ3n) is 4.97. The summed E-state index contributed by atoms with van der Waals surface area (Å²) in [5.41, 5.74) is -1.72. The number of aromatic amines is 1. The Morgan fingerprint density at radius 3 is 2.79 bits per heavy atom. The number of alkyl halides is 3.